The summed E-state index contributed by atoms with van der Waals surface area (Å²) in [7, 11) is 0. The Labute approximate surface area is 128 Å². The first-order valence-corrected chi connectivity index (χ1v) is 8.14. The zero-order valence-electron chi connectivity index (χ0n) is 13.4. The maximum atomic E-state index is 11.8. The fraction of sp³-hybridized carbons (Fsp3) is 0.611. The van der Waals surface area contributed by atoms with Crippen LogP contribution in [0.2, 0.25) is 0 Å². The number of carbonyl (C=O) groups excluding carboxylic acids is 1. The highest BCUT2D eigenvalue weighted by molar-refractivity contribution is 5.90. The van der Waals surface area contributed by atoms with E-state index < -0.39 is 0 Å². The average molecular weight is 289 g/mol. The molecule has 0 amide bonds. The lowest BCUT2D eigenvalue weighted by molar-refractivity contribution is 0.0526. The van der Waals surface area contributed by atoms with Gasteiger partial charge in [-0.2, -0.15) is 0 Å². The van der Waals surface area contributed by atoms with Crippen molar-refractivity contribution in [2.45, 2.75) is 52.5 Å². The van der Waals surface area contributed by atoms with Gasteiger partial charge in [0.15, 0.2) is 0 Å². The number of carbonyl (C=O) groups is 1. The molecule has 0 bridgehead atoms. The minimum absolute atomic E-state index is 0.246. The van der Waals surface area contributed by atoms with Crippen LogP contribution < -0.4 is 5.32 Å². The second-order valence-electron chi connectivity index (χ2n) is 6.30. The summed E-state index contributed by atoms with van der Waals surface area (Å²) >= 11 is 0. The Kier molecular flexibility index (Phi) is 5.66. The molecule has 1 aromatic rings. The summed E-state index contributed by atoms with van der Waals surface area (Å²) in [6.07, 6.45) is 5.03. The van der Waals surface area contributed by atoms with E-state index in [4.69, 9.17) is 4.74 Å². The molecule has 1 aliphatic carbocycles. The number of esters is 1. The molecule has 3 nitrogen and oxygen atoms in total. The lowest BCUT2D eigenvalue weighted by atomic mass is 9.79. The van der Waals surface area contributed by atoms with E-state index >= 15 is 0 Å². The van der Waals surface area contributed by atoms with Gasteiger partial charge >= 0.3 is 5.97 Å². The predicted octanol–water partition coefficient (Wildman–Crippen LogP) is 4.49. The largest absolute Gasteiger partial charge is 0.462 e. The minimum atomic E-state index is -0.246. The van der Waals surface area contributed by atoms with Crippen LogP contribution in [-0.2, 0) is 4.74 Å². The number of hydrogen-bond acceptors (Lipinski definition) is 3. The molecule has 3 heteroatoms. The lowest BCUT2D eigenvalue weighted by Gasteiger charge is -2.31. The van der Waals surface area contributed by atoms with Crippen LogP contribution in [0.3, 0.4) is 0 Å². The molecule has 1 aliphatic rings. The molecule has 0 radical (unpaired) electrons. The fourth-order valence-electron chi connectivity index (χ4n) is 3.12. The molecule has 1 N–H and O–H groups in total. The molecule has 0 spiro atoms. The molecule has 0 heterocycles. The van der Waals surface area contributed by atoms with Gasteiger partial charge in [-0.25, -0.2) is 4.79 Å². The van der Waals surface area contributed by atoms with Gasteiger partial charge in [-0.15, -0.1) is 0 Å². The summed E-state index contributed by atoms with van der Waals surface area (Å²) < 4.78 is 5.05. The van der Waals surface area contributed by atoms with Crippen LogP contribution in [0.5, 0.6) is 0 Å². The van der Waals surface area contributed by atoms with Crippen LogP contribution in [0.25, 0.3) is 0 Å². The van der Waals surface area contributed by atoms with Crippen molar-refractivity contribution < 1.29 is 9.53 Å². The Morgan fingerprint density at radius 1 is 1.29 bits per heavy atom. The quantitative estimate of drug-likeness (QED) is 0.812. The van der Waals surface area contributed by atoms with E-state index in [2.05, 4.69) is 19.2 Å². The van der Waals surface area contributed by atoms with E-state index in [0.717, 1.165) is 17.5 Å². The molecular formula is C18H27NO2. The summed E-state index contributed by atoms with van der Waals surface area (Å²) in [4.78, 5) is 11.8. The van der Waals surface area contributed by atoms with Gasteiger partial charge in [0.05, 0.1) is 12.2 Å². The second-order valence-corrected chi connectivity index (χ2v) is 6.30. The predicted molar refractivity (Wildman–Crippen MR) is 86.6 cm³/mol. The maximum absolute atomic E-state index is 11.8. The Morgan fingerprint density at radius 3 is 2.62 bits per heavy atom. The highest BCUT2D eigenvalue weighted by atomic mass is 16.5. The van der Waals surface area contributed by atoms with E-state index in [1.807, 2.05) is 25.1 Å². The van der Waals surface area contributed by atoms with E-state index in [9.17, 15) is 4.79 Å². The zero-order chi connectivity index (χ0) is 15.2. The number of rotatable bonds is 5. The van der Waals surface area contributed by atoms with Gasteiger partial charge in [-0.3, -0.25) is 0 Å². The molecule has 0 unspecified atom stereocenters. The van der Waals surface area contributed by atoms with Gasteiger partial charge in [-0.05, 0) is 62.6 Å². The van der Waals surface area contributed by atoms with Gasteiger partial charge in [-0.1, -0.05) is 19.9 Å². The monoisotopic (exact) mass is 289 g/mol. The third-order valence-electron chi connectivity index (χ3n) is 4.46. The Balaban J connectivity index is 1.92. The van der Waals surface area contributed by atoms with Crippen molar-refractivity contribution >= 4 is 11.7 Å². The van der Waals surface area contributed by atoms with Gasteiger partial charge < -0.3 is 10.1 Å². The Bertz CT molecular complexity index is 462. The molecule has 0 atom stereocenters. The standard InChI is InChI=1S/C18H27NO2/c1-4-21-18(20)15-6-5-7-17(12-15)19-16-10-8-14(9-11-16)13(2)3/h5-7,12-14,16,19H,4,8-11H2,1-3H3. The molecule has 0 saturated heterocycles. The molecule has 1 fully saturated rings. The fourth-order valence-corrected chi connectivity index (χ4v) is 3.12. The number of ether oxygens (including phenoxy) is 1. The van der Waals surface area contributed by atoms with Crippen LogP contribution in [0.1, 0.15) is 56.8 Å². The van der Waals surface area contributed by atoms with Crippen LogP contribution in [0, 0.1) is 11.8 Å². The van der Waals surface area contributed by atoms with Crippen molar-refractivity contribution in [2.75, 3.05) is 11.9 Å². The molecule has 1 aromatic carbocycles. The Morgan fingerprint density at radius 2 is 2.00 bits per heavy atom. The van der Waals surface area contributed by atoms with Crippen molar-refractivity contribution in [3.05, 3.63) is 29.8 Å². The highest BCUT2D eigenvalue weighted by Gasteiger charge is 2.23. The Hall–Kier alpha value is -1.51. The smallest absolute Gasteiger partial charge is 0.338 e. The third kappa shape index (κ3) is 4.48. The van der Waals surface area contributed by atoms with Crippen molar-refractivity contribution in [3.8, 4) is 0 Å². The summed E-state index contributed by atoms with van der Waals surface area (Å²) in [5.74, 6) is 1.41. The van der Waals surface area contributed by atoms with Crippen molar-refractivity contribution in [1.82, 2.24) is 0 Å². The first-order valence-electron chi connectivity index (χ1n) is 8.14. The van der Waals surface area contributed by atoms with Crippen molar-refractivity contribution in [1.29, 1.82) is 0 Å². The molecular weight excluding hydrogens is 262 g/mol. The average Bonchev–Trinajstić information content (AvgIpc) is 2.48. The summed E-state index contributed by atoms with van der Waals surface area (Å²) in [6, 6.07) is 8.16. The molecule has 0 aliphatic heterocycles. The van der Waals surface area contributed by atoms with Crippen LogP contribution in [0.15, 0.2) is 24.3 Å². The normalized spacial score (nSPS) is 22.1. The molecule has 0 aromatic heterocycles. The van der Waals surface area contributed by atoms with Crippen LogP contribution in [0.4, 0.5) is 5.69 Å². The summed E-state index contributed by atoms with van der Waals surface area (Å²) in [6.45, 7) is 6.88. The van der Waals surface area contributed by atoms with E-state index in [1.165, 1.54) is 25.7 Å². The summed E-state index contributed by atoms with van der Waals surface area (Å²) in [5, 5.41) is 3.57. The van der Waals surface area contributed by atoms with Gasteiger partial charge in [0.2, 0.25) is 0 Å². The van der Waals surface area contributed by atoms with E-state index in [1.54, 1.807) is 6.07 Å². The zero-order valence-corrected chi connectivity index (χ0v) is 13.4. The topological polar surface area (TPSA) is 38.3 Å². The van der Waals surface area contributed by atoms with Crippen molar-refractivity contribution in [3.63, 3.8) is 0 Å². The maximum Gasteiger partial charge on any atom is 0.338 e. The van der Waals surface area contributed by atoms with Gasteiger partial charge in [0.1, 0.15) is 0 Å². The van der Waals surface area contributed by atoms with Gasteiger partial charge in [0.25, 0.3) is 0 Å². The highest BCUT2D eigenvalue weighted by Crippen LogP contribution is 2.31. The SMILES string of the molecule is CCOC(=O)c1cccc(NC2CCC(C(C)C)CC2)c1. The minimum Gasteiger partial charge on any atom is -0.462 e. The molecule has 1 saturated carbocycles. The lowest BCUT2D eigenvalue weighted by Crippen LogP contribution is -2.28. The first-order chi connectivity index (χ1) is 10.1. The van der Waals surface area contributed by atoms with E-state index in [-0.39, 0.29) is 5.97 Å². The molecule has 21 heavy (non-hydrogen) atoms. The first kappa shape index (κ1) is 15.9. The van der Waals surface area contributed by atoms with Gasteiger partial charge in [0, 0.05) is 11.7 Å². The number of nitrogens with one attached hydrogen (secondary N) is 1. The van der Waals surface area contributed by atoms with Crippen molar-refractivity contribution in [2.24, 2.45) is 11.8 Å². The number of anilines is 1. The number of benzene rings is 1. The third-order valence-corrected chi connectivity index (χ3v) is 4.46. The molecule has 2 rings (SSSR count). The van der Waals surface area contributed by atoms with Crippen LogP contribution >= 0.6 is 0 Å². The molecule has 116 valence electrons. The van der Waals surface area contributed by atoms with Crippen LogP contribution in [-0.4, -0.2) is 18.6 Å². The summed E-state index contributed by atoms with van der Waals surface area (Å²) in [5.41, 5.74) is 1.64. The second kappa shape index (κ2) is 7.48. The number of hydrogen-bond donors (Lipinski definition) is 1. The van der Waals surface area contributed by atoms with E-state index in [0.29, 0.717) is 18.2 Å².